The highest BCUT2D eigenvalue weighted by atomic mass is 16.3. The van der Waals surface area contributed by atoms with E-state index in [9.17, 15) is 15.3 Å². The van der Waals surface area contributed by atoms with E-state index in [-0.39, 0.29) is 11.3 Å². The maximum absolute atomic E-state index is 9.84. The number of aromatic hydroxyl groups is 1. The molecule has 0 radical (unpaired) electrons. The Morgan fingerprint density at radius 3 is 2.47 bits per heavy atom. The monoisotopic (exact) mass is 229 g/mol. The molecule has 2 unspecified atom stereocenters. The number of fused-ring (bicyclic) bond motifs is 1. The minimum Gasteiger partial charge on any atom is -0.508 e. The maximum atomic E-state index is 9.84. The molecule has 17 heavy (non-hydrogen) atoms. The first-order valence-electron chi connectivity index (χ1n) is 5.11. The molecule has 0 aliphatic heterocycles. The fraction of sp³-hybridized carbons (Fsp3) is 0.154. The summed E-state index contributed by atoms with van der Waals surface area (Å²) in [4.78, 5) is 0. The van der Waals surface area contributed by atoms with Crippen LogP contribution in [-0.4, -0.2) is 21.4 Å². The topological polar surface area (TPSA) is 84.5 Å². The number of phenols is 1. The Labute approximate surface area is 98.0 Å². The second kappa shape index (κ2) is 4.42. The molecule has 4 nitrogen and oxygen atoms in total. The Hall–Kier alpha value is -2.09. The van der Waals surface area contributed by atoms with Gasteiger partial charge in [0.1, 0.15) is 11.9 Å². The molecular formula is C13H11NO3. The summed E-state index contributed by atoms with van der Waals surface area (Å²) in [5, 5.41) is 39.0. The van der Waals surface area contributed by atoms with Crippen LogP contribution >= 0.6 is 0 Å². The summed E-state index contributed by atoms with van der Waals surface area (Å²) in [5.41, 5.74) is 0.178. The van der Waals surface area contributed by atoms with Gasteiger partial charge < -0.3 is 15.3 Å². The summed E-state index contributed by atoms with van der Waals surface area (Å²) in [6.45, 7) is 0. The zero-order valence-corrected chi connectivity index (χ0v) is 8.91. The molecule has 0 saturated heterocycles. The lowest BCUT2D eigenvalue weighted by Gasteiger charge is -2.16. The van der Waals surface area contributed by atoms with Gasteiger partial charge in [-0.1, -0.05) is 30.3 Å². The number of phenolic OH excluding ortho intramolecular Hbond substituents is 1. The van der Waals surface area contributed by atoms with Crippen LogP contribution in [0.1, 0.15) is 11.7 Å². The van der Waals surface area contributed by atoms with E-state index in [2.05, 4.69) is 0 Å². The van der Waals surface area contributed by atoms with E-state index >= 15 is 0 Å². The molecule has 3 N–H and O–H groups in total. The average Bonchev–Trinajstić information content (AvgIpc) is 2.37. The standard InChI is InChI=1S/C13H11NO3/c14-7-11(16)13(17)12-9-4-2-1-3-8(9)5-6-10(12)15/h1-6,11,13,15-17H. The first kappa shape index (κ1) is 11.4. The maximum Gasteiger partial charge on any atom is 0.170 e. The molecular weight excluding hydrogens is 218 g/mol. The number of rotatable bonds is 2. The van der Waals surface area contributed by atoms with Crippen LogP contribution in [0.3, 0.4) is 0 Å². The Morgan fingerprint density at radius 2 is 1.76 bits per heavy atom. The first-order chi connectivity index (χ1) is 8.15. The summed E-state index contributed by atoms with van der Waals surface area (Å²) in [6, 6.07) is 11.8. The van der Waals surface area contributed by atoms with Crippen molar-refractivity contribution in [3.63, 3.8) is 0 Å². The van der Waals surface area contributed by atoms with Crippen LogP contribution < -0.4 is 0 Å². The SMILES string of the molecule is N#CC(O)C(O)c1c(O)ccc2ccccc12. The van der Waals surface area contributed by atoms with Crippen molar-refractivity contribution in [2.45, 2.75) is 12.2 Å². The third kappa shape index (κ3) is 1.94. The molecule has 2 aromatic carbocycles. The van der Waals surface area contributed by atoms with Crippen molar-refractivity contribution in [2.75, 3.05) is 0 Å². The third-order valence-electron chi connectivity index (χ3n) is 2.67. The minimum absolute atomic E-state index is 0.134. The minimum atomic E-state index is -1.56. The third-order valence-corrected chi connectivity index (χ3v) is 2.67. The highest BCUT2D eigenvalue weighted by Gasteiger charge is 2.22. The molecule has 0 amide bonds. The molecule has 0 heterocycles. The van der Waals surface area contributed by atoms with Gasteiger partial charge >= 0.3 is 0 Å². The van der Waals surface area contributed by atoms with E-state index in [1.54, 1.807) is 24.3 Å². The van der Waals surface area contributed by atoms with Crippen LogP contribution in [0.25, 0.3) is 10.8 Å². The number of hydrogen-bond donors (Lipinski definition) is 3. The number of benzene rings is 2. The largest absolute Gasteiger partial charge is 0.508 e. The van der Waals surface area contributed by atoms with Crippen LogP contribution in [0.2, 0.25) is 0 Å². The molecule has 0 bridgehead atoms. The number of hydrogen-bond acceptors (Lipinski definition) is 4. The zero-order chi connectivity index (χ0) is 12.4. The first-order valence-corrected chi connectivity index (χ1v) is 5.11. The normalized spacial score (nSPS) is 14.2. The van der Waals surface area contributed by atoms with Gasteiger partial charge in [0, 0.05) is 5.56 Å². The summed E-state index contributed by atoms with van der Waals surface area (Å²) in [5.74, 6) is -0.134. The molecule has 0 spiro atoms. The summed E-state index contributed by atoms with van der Waals surface area (Å²) in [6.07, 6.45) is -2.99. The summed E-state index contributed by atoms with van der Waals surface area (Å²) >= 11 is 0. The van der Waals surface area contributed by atoms with Crippen molar-refractivity contribution < 1.29 is 15.3 Å². The van der Waals surface area contributed by atoms with Crippen molar-refractivity contribution in [1.82, 2.24) is 0 Å². The van der Waals surface area contributed by atoms with E-state index in [4.69, 9.17) is 5.26 Å². The van der Waals surface area contributed by atoms with Crippen molar-refractivity contribution >= 4 is 10.8 Å². The summed E-state index contributed by atoms with van der Waals surface area (Å²) < 4.78 is 0. The van der Waals surface area contributed by atoms with E-state index in [0.29, 0.717) is 5.39 Å². The van der Waals surface area contributed by atoms with Gasteiger partial charge in [-0.15, -0.1) is 0 Å². The van der Waals surface area contributed by atoms with E-state index in [1.807, 2.05) is 12.1 Å². The lowest BCUT2D eigenvalue weighted by atomic mass is 9.97. The van der Waals surface area contributed by atoms with Crippen LogP contribution in [0.4, 0.5) is 0 Å². The molecule has 2 rings (SSSR count). The van der Waals surface area contributed by atoms with Gasteiger partial charge in [-0.05, 0) is 16.8 Å². The average molecular weight is 229 g/mol. The zero-order valence-electron chi connectivity index (χ0n) is 8.91. The van der Waals surface area contributed by atoms with Crippen LogP contribution in [-0.2, 0) is 0 Å². The Morgan fingerprint density at radius 1 is 1.06 bits per heavy atom. The van der Waals surface area contributed by atoms with Crippen molar-refractivity contribution in [3.05, 3.63) is 42.0 Å². The number of nitrogens with zero attached hydrogens (tertiary/aromatic N) is 1. The molecule has 0 saturated carbocycles. The van der Waals surface area contributed by atoms with E-state index in [0.717, 1.165) is 5.39 Å². The predicted molar refractivity (Wildman–Crippen MR) is 62.2 cm³/mol. The molecule has 4 heteroatoms. The molecule has 0 fully saturated rings. The van der Waals surface area contributed by atoms with E-state index < -0.39 is 12.2 Å². The van der Waals surface area contributed by atoms with Gasteiger partial charge in [0.05, 0.1) is 6.07 Å². The smallest absolute Gasteiger partial charge is 0.170 e. The predicted octanol–water partition coefficient (Wildman–Crippen LogP) is 1.46. The second-order valence-corrected chi connectivity index (χ2v) is 3.74. The van der Waals surface area contributed by atoms with Crippen LogP contribution in [0.15, 0.2) is 36.4 Å². The quantitative estimate of drug-likeness (QED) is 0.681. The van der Waals surface area contributed by atoms with Crippen LogP contribution in [0.5, 0.6) is 5.75 Å². The van der Waals surface area contributed by atoms with Gasteiger partial charge in [-0.3, -0.25) is 0 Å². The fourth-order valence-electron chi connectivity index (χ4n) is 1.82. The van der Waals surface area contributed by atoms with Crippen molar-refractivity contribution in [2.24, 2.45) is 0 Å². The molecule has 0 aromatic heterocycles. The highest BCUT2D eigenvalue weighted by molar-refractivity contribution is 5.88. The van der Waals surface area contributed by atoms with Crippen LogP contribution in [0, 0.1) is 11.3 Å². The van der Waals surface area contributed by atoms with E-state index in [1.165, 1.54) is 6.07 Å². The van der Waals surface area contributed by atoms with Gasteiger partial charge in [0.2, 0.25) is 0 Å². The van der Waals surface area contributed by atoms with Crippen molar-refractivity contribution in [3.8, 4) is 11.8 Å². The number of aliphatic hydroxyl groups excluding tert-OH is 2. The van der Waals surface area contributed by atoms with Gasteiger partial charge in [0.15, 0.2) is 6.10 Å². The lowest BCUT2D eigenvalue weighted by molar-refractivity contribution is 0.0522. The Balaban J connectivity index is 2.67. The fourth-order valence-corrected chi connectivity index (χ4v) is 1.82. The molecule has 0 aliphatic carbocycles. The highest BCUT2D eigenvalue weighted by Crippen LogP contribution is 2.33. The lowest BCUT2D eigenvalue weighted by Crippen LogP contribution is -2.16. The molecule has 0 aliphatic rings. The molecule has 2 aromatic rings. The van der Waals surface area contributed by atoms with Crippen molar-refractivity contribution in [1.29, 1.82) is 5.26 Å². The molecule has 2 atom stereocenters. The summed E-state index contributed by atoms with van der Waals surface area (Å²) in [7, 11) is 0. The Bertz CT molecular complexity index is 589. The van der Waals surface area contributed by atoms with Gasteiger partial charge in [0.25, 0.3) is 0 Å². The number of aliphatic hydroxyl groups is 2. The van der Waals surface area contributed by atoms with Gasteiger partial charge in [-0.25, -0.2) is 0 Å². The van der Waals surface area contributed by atoms with Gasteiger partial charge in [-0.2, -0.15) is 5.26 Å². The molecule has 86 valence electrons. The number of nitriles is 1. The second-order valence-electron chi connectivity index (χ2n) is 3.74. The Kier molecular flexibility index (Phi) is 2.96.